The molecule has 0 bridgehead atoms. The zero-order chi connectivity index (χ0) is 22.9. The van der Waals surface area contributed by atoms with Gasteiger partial charge in [-0.15, -0.1) is 0 Å². The molecule has 1 N–H and O–H groups in total. The fraction of sp³-hybridized carbons (Fsp3) is 0.160. The molecule has 0 radical (unpaired) electrons. The van der Waals surface area contributed by atoms with E-state index in [1.807, 2.05) is 25.1 Å². The lowest BCUT2D eigenvalue weighted by Gasteiger charge is -2.15. The van der Waals surface area contributed by atoms with E-state index in [0.29, 0.717) is 45.1 Å². The predicted molar refractivity (Wildman–Crippen MR) is 120 cm³/mol. The van der Waals surface area contributed by atoms with Crippen molar-refractivity contribution < 1.29 is 28.2 Å². The molecule has 0 aliphatic carbocycles. The number of aryl methyl sites for hydroxylation is 1. The first-order valence-corrected chi connectivity index (χ1v) is 10.4. The molecule has 0 saturated carbocycles. The zero-order valence-corrected chi connectivity index (χ0v) is 18.0. The summed E-state index contributed by atoms with van der Waals surface area (Å²) in [5.74, 6) is 1.33. The largest absolute Gasteiger partial charge is 0.460 e. The summed E-state index contributed by atoms with van der Waals surface area (Å²) < 4.78 is 21.8. The van der Waals surface area contributed by atoms with Crippen molar-refractivity contribution in [3.8, 4) is 23.0 Å². The van der Waals surface area contributed by atoms with Crippen LogP contribution in [0.25, 0.3) is 22.4 Å². The van der Waals surface area contributed by atoms with Gasteiger partial charge in [-0.25, -0.2) is 9.78 Å². The van der Waals surface area contributed by atoms with E-state index in [9.17, 15) is 9.59 Å². The Balaban J connectivity index is 1.37. The van der Waals surface area contributed by atoms with Gasteiger partial charge in [0, 0.05) is 17.1 Å². The third kappa shape index (κ3) is 4.10. The number of ether oxygens (including phenoxy) is 3. The van der Waals surface area contributed by atoms with Crippen molar-refractivity contribution in [3.05, 3.63) is 72.0 Å². The highest BCUT2D eigenvalue weighted by atomic mass is 16.7. The van der Waals surface area contributed by atoms with Crippen LogP contribution in [0.3, 0.4) is 0 Å². The van der Waals surface area contributed by atoms with Gasteiger partial charge < -0.3 is 23.9 Å². The number of nitrogens with zero attached hydrogens (tertiary/aromatic N) is 1. The first kappa shape index (κ1) is 20.6. The number of hydrogen-bond acceptors (Lipinski definition) is 7. The number of nitrogens with one attached hydrogen (secondary N) is 1. The minimum absolute atomic E-state index is 0.139. The molecule has 1 atom stereocenters. The number of benzene rings is 2. The monoisotopic (exact) mass is 444 g/mol. The Labute approximate surface area is 189 Å². The Morgan fingerprint density at radius 2 is 1.85 bits per heavy atom. The van der Waals surface area contributed by atoms with E-state index < -0.39 is 18.0 Å². The van der Waals surface area contributed by atoms with Crippen LogP contribution in [-0.4, -0.2) is 29.8 Å². The number of fused-ring (bicyclic) bond motifs is 2. The molecule has 0 fully saturated rings. The number of amides is 1. The van der Waals surface area contributed by atoms with Gasteiger partial charge in [0.25, 0.3) is 5.91 Å². The topological polar surface area (TPSA) is 99.9 Å². The summed E-state index contributed by atoms with van der Waals surface area (Å²) in [5.41, 5.74) is 1.93. The van der Waals surface area contributed by atoms with Gasteiger partial charge in [0.1, 0.15) is 11.5 Å². The summed E-state index contributed by atoms with van der Waals surface area (Å²) in [7, 11) is 0. The molecule has 33 heavy (non-hydrogen) atoms. The number of anilines is 1. The van der Waals surface area contributed by atoms with Crippen LogP contribution in [0, 0.1) is 6.92 Å². The second-order valence-electron chi connectivity index (χ2n) is 7.59. The van der Waals surface area contributed by atoms with Gasteiger partial charge in [0.15, 0.2) is 23.4 Å². The SMILES string of the molecule is Cc1ccc(-c2cc(C(=O)O[C@H](C)C(=O)Nc3ccc4c(c3)OCO4)c3ccccc3n2)o1. The van der Waals surface area contributed by atoms with Gasteiger partial charge in [-0.2, -0.15) is 0 Å². The third-order valence-electron chi connectivity index (χ3n) is 5.22. The Bertz CT molecular complexity index is 1380. The highest BCUT2D eigenvalue weighted by molar-refractivity contribution is 6.05. The highest BCUT2D eigenvalue weighted by Gasteiger charge is 2.23. The summed E-state index contributed by atoms with van der Waals surface area (Å²) >= 11 is 0. The molecule has 1 aliphatic heterocycles. The summed E-state index contributed by atoms with van der Waals surface area (Å²) in [6, 6.07) is 17.5. The van der Waals surface area contributed by atoms with Crippen LogP contribution in [0.1, 0.15) is 23.0 Å². The quantitative estimate of drug-likeness (QED) is 0.445. The van der Waals surface area contributed by atoms with Crippen LogP contribution >= 0.6 is 0 Å². The second kappa shape index (κ2) is 8.31. The molecule has 166 valence electrons. The molecule has 4 aromatic rings. The van der Waals surface area contributed by atoms with Gasteiger partial charge in [-0.3, -0.25) is 4.79 Å². The molecule has 2 aromatic carbocycles. The van der Waals surface area contributed by atoms with Gasteiger partial charge in [0.2, 0.25) is 6.79 Å². The van der Waals surface area contributed by atoms with Crippen molar-refractivity contribution in [2.24, 2.45) is 0 Å². The Morgan fingerprint density at radius 3 is 2.67 bits per heavy atom. The lowest BCUT2D eigenvalue weighted by atomic mass is 10.1. The number of carbonyl (C=O) groups is 2. The van der Waals surface area contributed by atoms with E-state index in [2.05, 4.69) is 10.3 Å². The maximum Gasteiger partial charge on any atom is 0.339 e. The molecule has 1 amide bonds. The predicted octanol–water partition coefficient (Wildman–Crippen LogP) is 4.72. The van der Waals surface area contributed by atoms with Crippen LogP contribution in [-0.2, 0) is 9.53 Å². The van der Waals surface area contributed by atoms with E-state index in [1.54, 1.807) is 42.5 Å². The minimum atomic E-state index is -1.04. The highest BCUT2D eigenvalue weighted by Crippen LogP contribution is 2.34. The normalized spacial score (nSPS) is 13.0. The number of rotatable bonds is 5. The maximum absolute atomic E-state index is 13.1. The zero-order valence-electron chi connectivity index (χ0n) is 18.0. The van der Waals surface area contributed by atoms with E-state index in [-0.39, 0.29) is 6.79 Å². The third-order valence-corrected chi connectivity index (χ3v) is 5.22. The number of carbonyl (C=O) groups excluding carboxylic acids is 2. The first-order chi connectivity index (χ1) is 16.0. The lowest BCUT2D eigenvalue weighted by Crippen LogP contribution is -2.30. The van der Waals surface area contributed by atoms with Crippen LogP contribution < -0.4 is 14.8 Å². The Kier molecular flexibility index (Phi) is 5.18. The average molecular weight is 444 g/mol. The molecular weight excluding hydrogens is 424 g/mol. The van der Waals surface area contributed by atoms with Crippen molar-refractivity contribution >= 4 is 28.5 Å². The maximum atomic E-state index is 13.1. The molecule has 0 unspecified atom stereocenters. The fourth-order valence-electron chi connectivity index (χ4n) is 3.54. The number of furan rings is 1. The van der Waals surface area contributed by atoms with E-state index >= 15 is 0 Å². The number of hydrogen-bond donors (Lipinski definition) is 1. The van der Waals surface area contributed by atoms with Crippen molar-refractivity contribution in [3.63, 3.8) is 0 Å². The van der Waals surface area contributed by atoms with E-state index in [0.717, 1.165) is 5.76 Å². The Morgan fingerprint density at radius 1 is 1.03 bits per heavy atom. The molecular formula is C25H20N2O6. The van der Waals surface area contributed by atoms with E-state index in [4.69, 9.17) is 18.6 Å². The van der Waals surface area contributed by atoms with Crippen LogP contribution in [0.5, 0.6) is 11.5 Å². The number of esters is 1. The Hall–Kier alpha value is -4.33. The lowest BCUT2D eigenvalue weighted by molar-refractivity contribution is -0.123. The smallest absolute Gasteiger partial charge is 0.339 e. The summed E-state index contributed by atoms with van der Waals surface area (Å²) in [5, 5.41) is 3.35. The van der Waals surface area contributed by atoms with Crippen molar-refractivity contribution in [1.29, 1.82) is 0 Å². The summed E-state index contributed by atoms with van der Waals surface area (Å²) in [6.45, 7) is 3.49. The van der Waals surface area contributed by atoms with E-state index in [1.165, 1.54) is 6.92 Å². The van der Waals surface area contributed by atoms with Crippen LogP contribution in [0.15, 0.2) is 65.1 Å². The van der Waals surface area contributed by atoms with Crippen molar-refractivity contribution in [2.75, 3.05) is 12.1 Å². The first-order valence-electron chi connectivity index (χ1n) is 10.4. The molecule has 0 saturated heterocycles. The number of pyridine rings is 1. The number of aromatic nitrogens is 1. The average Bonchev–Trinajstić information content (AvgIpc) is 3.46. The van der Waals surface area contributed by atoms with Gasteiger partial charge >= 0.3 is 5.97 Å². The molecule has 3 heterocycles. The van der Waals surface area contributed by atoms with Crippen LogP contribution in [0.2, 0.25) is 0 Å². The molecule has 8 heteroatoms. The molecule has 0 spiro atoms. The molecule has 2 aromatic heterocycles. The van der Waals surface area contributed by atoms with Crippen LogP contribution in [0.4, 0.5) is 5.69 Å². The fourth-order valence-corrected chi connectivity index (χ4v) is 3.54. The standard InChI is InChI=1S/C25H20N2O6/c1-14-7-9-21(32-14)20-12-18(17-5-3-4-6-19(17)27-20)25(29)33-15(2)24(28)26-16-8-10-22-23(11-16)31-13-30-22/h3-12,15H,13H2,1-2H3,(H,26,28)/t15-/m1/s1. The second-order valence-corrected chi connectivity index (χ2v) is 7.59. The molecule has 1 aliphatic rings. The van der Waals surface area contributed by atoms with Crippen molar-refractivity contribution in [1.82, 2.24) is 4.98 Å². The summed E-state index contributed by atoms with van der Waals surface area (Å²) in [6.07, 6.45) is -1.04. The van der Waals surface area contributed by atoms with Gasteiger partial charge in [-0.1, -0.05) is 18.2 Å². The van der Waals surface area contributed by atoms with Gasteiger partial charge in [-0.05, 0) is 50.2 Å². The van der Waals surface area contributed by atoms with Gasteiger partial charge in [0.05, 0.1) is 11.1 Å². The van der Waals surface area contributed by atoms with Crippen molar-refractivity contribution in [2.45, 2.75) is 20.0 Å². The summed E-state index contributed by atoms with van der Waals surface area (Å²) in [4.78, 5) is 30.3. The minimum Gasteiger partial charge on any atom is -0.460 e. The molecule has 8 nitrogen and oxygen atoms in total. The molecule has 5 rings (SSSR count). The number of para-hydroxylation sites is 1.